The third-order valence-electron chi connectivity index (χ3n) is 4.71. The van der Waals surface area contributed by atoms with Crippen LogP contribution in [0, 0.1) is 6.92 Å². The van der Waals surface area contributed by atoms with E-state index < -0.39 is 0 Å². The van der Waals surface area contributed by atoms with Crippen LogP contribution in [0.4, 0.5) is 0 Å². The van der Waals surface area contributed by atoms with E-state index in [0.717, 1.165) is 12.8 Å². The maximum absolute atomic E-state index is 13.3. The summed E-state index contributed by atoms with van der Waals surface area (Å²) in [5.74, 6) is 0.790. The number of aromatic nitrogens is 3. The number of halogens is 1. The van der Waals surface area contributed by atoms with E-state index in [4.69, 9.17) is 20.9 Å². The summed E-state index contributed by atoms with van der Waals surface area (Å²) in [6.45, 7) is 2.84. The lowest BCUT2D eigenvalue weighted by Crippen LogP contribution is -2.44. The van der Waals surface area contributed by atoms with Gasteiger partial charge in [0.15, 0.2) is 0 Å². The highest BCUT2D eigenvalue weighted by Gasteiger charge is 2.31. The molecule has 1 aliphatic heterocycles. The Morgan fingerprint density at radius 1 is 1.29 bits per heavy atom. The minimum Gasteiger partial charge on any atom is -0.471 e. The van der Waals surface area contributed by atoms with Crippen molar-refractivity contribution in [3.8, 4) is 17.1 Å². The third-order valence-corrected chi connectivity index (χ3v) is 5.04. The molecule has 2 aromatic heterocycles. The van der Waals surface area contributed by atoms with E-state index in [-0.39, 0.29) is 12.0 Å². The second kappa shape index (κ2) is 7.98. The smallest absolute Gasteiger partial charge is 0.259 e. The number of rotatable bonds is 4. The van der Waals surface area contributed by atoms with Gasteiger partial charge in [-0.25, -0.2) is 0 Å². The largest absolute Gasteiger partial charge is 0.471 e. The molecule has 3 heterocycles. The highest BCUT2D eigenvalue weighted by Crippen LogP contribution is 2.32. The monoisotopic (exact) mass is 398 g/mol. The zero-order valence-electron chi connectivity index (χ0n) is 15.3. The van der Waals surface area contributed by atoms with Crippen LogP contribution in [0.25, 0.3) is 11.3 Å². The quantitative estimate of drug-likeness (QED) is 0.665. The van der Waals surface area contributed by atoms with Crippen LogP contribution in [0.15, 0.2) is 47.1 Å². The van der Waals surface area contributed by atoms with E-state index in [1.54, 1.807) is 36.2 Å². The highest BCUT2D eigenvalue weighted by atomic mass is 35.5. The number of hydrogen-bond acceptors (Lipinski definition) is 6. The van der Waals surface area contributed by atoms with Crippen molar-refractivity contribution < 1.29 is 14.1 Å². The number of carbonyl (C=O) groups is 1. The molecule has 0 N–H and O–H groups in total. The van der Waals surface area contributed by atoms with Gasteiger partial charge < -0.3 is 14.2 Å². The maximum Gasteiger partial charge on any atom is 0.259 e. The Kier molecular flexibility index (Phi) is 5.25. The van der Waals surface area contributed by atoms with Gasteiger partial charge in [-0.15, -0.1) is 5.10 Å². The van der Waals surface area contributed by atoms with Crippen molar-refractivity contribution in [3.63, 3.8) is 0 Å². The number of carbonyl (C=O) groups excluding carboxylic acids is 1. The third kappa shape index (κ3) is 3.71. The molecule has 7 nitrogen and oxygen atoms in total. The Labute approximate surface area is 167 Å². The summed E-state index contributed by atoms with van der Waals surface area (Å²) in [5.41, 5.74) is 1.58. The second-order valence-electron chi connectivity index (χ2n) is 6.64. The van der Waals surface area contributed by atoms with E-state index in [2.05, 4.69) is 15.4 Å². The van der Waals surface area contributed by atoms with Crippen molar-refractivity contribution in [2.75, 3.05) is 13.1 Å². The molecule has 1 fully saturated rings. The Morgan fingerprint density at radius 3 is 2.93 bits per heavy atom. The summed E-state index contributed by atoms with van der Waals surface area (Å²) >= 11 is 6.30. The second-order valence-corrected chi connectivity index (χ2v) is 7.04. The van der Waals surface area contributed by atoms with Crippen LogP contribution in [0.2, 0.25) is 5.02 Å². The number of nitrogens with zero attached hydrogens (tertiary/aromatic N) is 4. The Hall–Kier alpha value is -2.93. The lowest BCUT2D eigenvalue weighted by atomic mass is 10.0. The molecule has 0 saturated carbocycles. The zero-order chi connectivity index (χ0) is 19.5. The fourth-order valence-electron chi connectivity index (χ4n) is 3.36. The minimum absolute atomic E-state index is 0.138. The van der Waals surface area contributed by atoms with Gasteiger partial charge in [0, 0.05) is 24.4 Å². The van der Waals surface area contributed by atoms with Crippen LogP contribution in [0.3, 0.4) is 0 Å². The molecule has 1 atom stereocenters. The average molecular weight is 399 g/mol. The van der Waals surface area contributed by atoms with E-state index >= 15 is 0 Å². The number of amides is 1. The molecule has 1 amide bonds. The molecule has 1 unspecified atom stereocenters. The summed E-state index contributed by atoms with van der Waals surface area (Å²) in [5, 5.41) is 12.4. The molecule has 1 aromatic carbocycles. The van der Waals surface area contributed by atoms with Crippen molar-refractivity contribution in [1.29, 1.82) is 0 Å². The normalized spacial score (nSPS) is 16.8. The topological polar surface area (TPSA) is 81.4 Å². The number of aryl methyl sites for hydroxylation is 1. The summed E-state index contributed by atoms with van der Waals surface area (Å²) in [4.78, 5) is 15.1. The van der Waals surface area contributed by atoms with Gasteiger partial charge in [0.25, 0.3) is 5.91 Å². The predicted octanol–water partition coefficient (Wildman–Crippen LogP) is 3.78. The Balaban J connectivity index is 1.56. The molecule has 28 heavy (non-hydrogen) atoms. The molecule has 0 aliphatic carbocycles. The van der Waals surface area contributed by atoms with E-state index in [9.17, 15) is 4.79 Å². The van der Waals surface area contributed by atoms with Gasteiger partial charge in [-0.1, -0.05) is 35.0 Å². The number of benzene rings is 1. The van der Waals surface area contributed by atoms with Crippen LogP contribution in [0.5, 0.6) is 5.88 Å². The van der Waals surface area contributed by atoms with Gasteiger partial charge >= 0.3 is 0 Å². The van der Waals surface area contributed by atoms with Crippen molar-refractivity contribution in [2.45, 2.75) is 25.9 Å². The maximum atomic E-state index is 13.3. The van der Waals surface area contributed by atoms with Crippen molar-refractivity contribution in [3.05, 3.63) is 58.9 Å². The lowest BCUT2D eigenvalue weighted by Gasteiger charge is -2.32. The Morgan fingerprint density at radius 2 is 2.14 bits per heavy atom. The summed E-state index contributed by atoms with van der Waals surface area (Å²) in [6.07, 6.45) is 3.13. The van der Waals surface area contributed by atoms with E-state index in [0.29, 0.717) is 46.6 Å². The van der Waals surface area contributed by atoms with Crippen molar-refractivity contribution in [2.24, 2.45) is 0 Å². The lowest BCUT2D eigenvalue weighted by molar-refractivity contribution is 0.0524. The van der Waals surface area contributed by atoms with Crippen molar-refractivity contribution in [1.82, 2.24) is 20.3 Å². The number of likely N-dealkylation sites (tertiary alicyclic amines) is 1. The molecule has 0 bridgehead atoms. The molecule has 1 saturated heterocycles. The van der Waals surface area contributed by atoms with Gasteiger partial charge in [0.05, 0.1) is 11.6 Å². The zero-order valence-corrected chi connectivity index (χ0v) is 16.1. The number of ether oxygens (including phenoxy) is 1. The first kappa shape index (κ1) is 18.4. The van der Waals surface area contributed by atoms with Gasteiger partial charge in [-0.3, -0.25) is 4.79 Å². The summed E-state index contributed by atoms with van der Waals surface area (Å²) < 4.78 is 11.2. The Bertz CT molecular complexity index is 977. The van der Waals surface area contributed by atoms with E-state index in [1.807, 2.05) is 18.2 Å². The first-order chi connectivity index (χ1) is 13.6. The number of hydrogen-bond donors (Lipinski definition) is 0. The van der Waals surface area contributed by atoms with Crippen LogP contribution >= 0.6 is 11.6 Å². The molecule has 3 aromatic rings. The molecule has 8 heteroatoms. The van der Waals surface area contributed by atoms with Crippen LogP contribution in [-0.4, -0.2) is 45.4 Å². The molecule has 0 radical (unpaired) electrons. The number of piperidine rings is 1. The fourth-order valence-corrected chi connectivity index (χ4v) is 3.58. The average Bonchev–Trinajstić information content (AvgIpc) is 3.10. The van der Waals surface area contributed by atoms with Gasteiger partial charge in [-0.2, -0.15) is 5.10 Å². The molecular formula is C20H19ClN4O3. The minimum atomic E-state index is -0.140. The van der Waals surface area contributed by atoms with Gasteiger partial charge in [-0.05, 0) is 31.9 Å². The van der Waals surface area contributed by atoms with Crippen molar-refractivity contribution >= 4 is 17.5 Å². The van der Waals surface area contributed by atoms with Crippen LogP contribution < -0.4 is 4.74 Å². The first-order valence-electron chi connectivity index (χ1n) is 9.08. The van der Waals surface area contributed by atoms with Gasteiger partial charge in [0.1, 0.15) is 23.1 Å². The fraction of sp³-hybridized carbons (Fsp3) is 0.300. The summed E-state index contributed by atoms with van der Waals surface area (Å²) in [7, 11) is 0. The molecule has 0 spiro atoms. The predicted molar refractivity (Wildman–Crippen MR) is 103 cm³/mol. The molecule has 4 rings (SSSR count). The van der Waals surface area contributed by atoms with Gasteiger partial charge in [0.2, 0.25) is 5.88 Å². The van der Waals surface area contributed by atoms with Crippen LogP contribution in [-0.2, 0) is 0 Å². The molecule has 1 aliphatic rings. The van der Waals surface area contributed by atoms with Crippen LogP contribution in [0.1, 0.15) is 29.0 Å². The highest BCUT2D eigenvalue weighted by molar-refractivity contribution is 6.33. The first-order valence-corrected chi connectivity index (χ1v) is 9.46. The SMILES string of the molecule is Cc1onc(-c2ccccc2Cl)c1C(=O)N1CCCC(Oc2cccnn2)C1. The summed E-state index contributed by atoms with van der Waals surface area (Å²) in [6, 6.07) is 10.8. The van der Waals surface area contributed by atoms with E-state index in [1.165, 1.54) is 0 Å². The standard InChI is InChI=1S/C20H19ClN4O3/c1-13-18(19(24-28-13)15-7-2-3-8-16(15)21)20(26)25-11-5-6-14(12-25)27-17-9-4-10-22-23-17/h2-4,7-10,14H,5-6,11-12H2,1H3. The molecular weight excluding hydrogens is 380 g/mol. The molecule has 144 valence electrons.